The molecular weight excluding hydrogens is 364 g/mol. The van der Waals surface area contributed by atoms with Crippen molar-refractivity contribution in [3.63, 3.8) is 0 Å². The summed E-state index contributed by atoms with van der Waals surface area (Å²) in [7, 11) is 0. The summed E-state index contributed by atoms with van der Waals surface area (Å²) in [4.78, 5) is 16.1. The third-order valence-corrected chi connectivity index (χ3v) is 6.25. The average molecular weight is 390 g/mol. The molecule has 2 saturated carbocycles. The third kappa shape index (κ3) is 3.84. The Morgan fingerprint density at radius 2 is 1.93 bits per heavy atom. The van der Waals surface area contributed by atoms with Gasteiger partial charge in [0.05, 0.1) is 11.7 Å². The second kappa shape index (κ2) is 7.50. The van der Waals surface area contributed by atoms with Crippen LogP contribution < -0.4 is 5.32 Å². The van der Waals surface area contributed by atoms with Crippen LogP contribution in [0, 0.1) is 5.92 Å². The molecule has 6 heteroatoms. The molecule has 150 valence electrons. The molecule has 2 fully saturated rings. The van der Waals surface area contributed by atoms with Crippen LogP contribution in [0.25, 0.3) is 10.9 Å². The molecule has 2 N–H and O–H groups in total. The molecule has 0 atom stereocenters. The van der Waals surface area contributed by atoms with E-state index in [1.54, 1.807) is 12.3 Å². The van der Waals surface area contributed by atoms with Crippen LogP contribution in [0.2, 0.25) is 0 Å². The van der Waals surface area contributed by atoms with Crippen molar-refractivity contribution in [3.8, 4) is 0 Å². The molecular formula is C23H26N4O2. The first-order valence-electron chi connectivity index (χ1n) is 10.6. The quantitative estimate of drug-likeness (QED) is 0.594. The number of carbonyl (C=O) groups is 1. The third-order valence-electron chi connectivity index (χ3n) is 6.25. The SMILES string of the molecule is O=C(O)c1cc(C2CC2)cnc1Nc1ccc2c(cnn2CC2CCCCC2)c1. The zero-order valence-electron chi connectivity index (χ0n) is 16.5. The molecule has 0 aliphatic heterocycles. The van der Waals surface area contributed by atoms with Gasteiger partial charge in [-0.1, -0.05) is 19.3 Å². The maximum Gasteiger partial charge on any atom is 0.339 e. The van der Waals surface area contributed by atoms with Crippen molar-refractivity contribution in [2.45, 2.75) is 57.4 Å². The maximum atomic E-state index is 11.7. The summed E-state index contributed by atoms with van der Waals surface area (Å²) in [5.74, 6) is 0.623. The van der Waals surface area contributed by atoms with E-state index in [0.717, 1.165) is 47.5 Å². The van der Waals surface area contributed by atoms with Gasteiger partial charge in [-0.15, -0.1) is 0 Å². The molecule has 6 nitrogen and oxygen atoms in total. The highest BCUT2D eigenvalue weighted by Crippen LogP contribution is 2.40. The number of pyridine rings is 1. The van der Waals surface area contributed by atoms with Crippen molar-refractivity contribution in [2.24, 2.45) is 5.92 Å². The molecule has 5 rings (SSSR count). The van der Waals surface area contributed by atoms with Crippen molar-refractivity contribution >= 4 is 28.4 Å². The number of nitrogens with zero attached hydrogens (tertiary/aromatic N) is 3. The monoisotopic (exact) mass is 390 g/mol. The van der Waals surface area contributed by atoms with Crippen LogP contribution in [-0.4, -0.2) is 25.8 Å². The topological polar surface area (TPSA) is 80.0 Å². The van der Waals surface area contributed by atoms with E-state index in [1.165, 1.54) is 32.1 Å². The summed E-state index contributed by atoms with van der Waals surface area (Å²) in [6, 6.07) is 7.81. The van der Waals surface area contributed by atoms with Gasteiger partial charge < -0.3 is 10.4 Å². The summed E-state index contributed by atoms with van der Waals surface area (Å²) in [5.41, 5.74) is 3.19. The van der Waals surface area contributed by atoms with Gasteiger partial charge in [0.2, 0.25) is 0 Å². The van der Waals surface area contributed by atoms with E-state index >= 15 is 0 Å². The molecule has 2 aliphatic carbocycles. The maximum absolute atomic E-state index is 11.7. The fourth-order valence-electron chi connectivity index (χ4n) is 4.44. The Morgan fingerprint density at radius 1 is 1.10 bits per heavy atom. The molecule has 2 aliphatic rings. The Balaban J connectivity index is 1.38. The van der Waals surface area contributed by atoms with Gasteiger partial charge in [0, 0.05) is 23.8 Å². The van der Waals surface area contributed by atoms with Crippen LogP contribution in [-0.2, 0) is 6.54 Å². The highest BCUT2D eigenvalue weighted by Gasteiger charge is 2.26. The number of carboxylic acids is 1. The number of fused-ring (bicyclic) bond motifs is 1. The Bertz CT molecular complexity index is 1050. The van der Waals surface area contributed by atoms with Gasteiger partial charge in [-0.2, -0.15) is 5.10 Å². The summed E-state index contributed by atoms with van der Waals surface area (Å²) in [5, 5.41) is 18.5. The zero-order valence-corrected chi connectivity index (χ0v) is 16.5. The van der Waals surface area contributed by atoms with Crippen LogP contribution in [0.4, 0.5) is 11.5 Å². The lowest BCUT2D eigenvalue weighted by Crippen LogP contribution is -2.14. The predicted molar refractivity (Wildman–Crippen MR) is 113 cm³/mol. The van der Waals surface area contributed by atoms with Crippen LogP contribution in [0.5, 0.6) is 0 Å². The largest absolute Gasteiger partial charge is 0.478 e. The molecule has 3 aromatic rings. The molecule has 0 amide bonds. The summed E-state index contributed by atoms with van der Waals surface area (Å²) < 4.78 is 2.11. The summed E-state index contributed by atoms with van der Waals surface area (Å²) in [6.07, 6.45) is 12.5. The Morgan fingerprint density at radius 3 is 2.69 bits per heavy atom. The number of carboxylic acid groups (broad SMARTS) is 1. The van der Waals surface area contributed by atoms with Gasteiger partial charge in [-0.3, -0.25) is 4.68 Å². The number of aromatic carboxylic acids is 1. The van der Waals surface area contributed by atoms with Crippen molar-refractivity contribution in [1.29, 1.82) is 0 Å². The van der Waals surface area contributed by atoms with E-state index in [9.17, 15) is 9.90 Å². The number of benzene rings is 1. The summed E-state index contributed by atoms with van der Waals surface area (Å²) in [6.45, 7) is 0.976. The van der Waals surface area contributed by atoms with Gasteiger partial charge in [-0.05, 0) is 67.3 Å². The van der Waals surface area contributed by atoms with E-state index < -0.39 is 5.97 Å². The van der Waals surface area contributed by atoms with Gasteiger partial charge in [0.15, 0.2) is 0 Å². The van der Waals surface area contributed by atoms with E-state index in [4.69, 9.17) is 0 Å². The van der Waals surface area contributed by atoms with Crippen LogP contribution in [0.3, 0.4) is 0 Å². The molecule has 0 unspecified atom stereocenters. The minimum Gasteiger partial charge on any atom is -0.478 e. The van der Waals surface area contributed by atoms with E-state index in [1.807, 2.05) is 18.3 Å². The Kier molecular flexibility index (Phi) is 4.70. The fraction of sp³-hybridized carbons (Fsp3) is 0.435. The normalized spacial score (nSPS) is 17.5. The van der Waals surface area contributed by atoms with Crippen LogP contribution in [0.15, 0.2) is 36.7 Å². The first-order chi connectivity index (χ1) is 14.2. The van der Waals surface area contributed by atoms with E-state index in [-0.39, 0.29) is 5.56 Å². The first kappa shape index (κ1) is 18.2. The van der Waals surface area contributed by atoms with Crippen molar-refractivity contribution in [2.75, 3.05) is 5.32 Å². The number of hydrogen-bond donors (Lipinski definition) is 2. The van der Waals surface area contributed by atoms with Gasteiger partial charge in [0.25, 0.3) is 0 Å². The van der Waals surface area contributed by atoms with Gasteiger partial charge in [0.1, 0.15) is 11.4 Å². The lowest BCUT2D eigenvalue weighted by Gasteiger charge is -2.21. The van der Waals surface area contributed by atoms with Crippen LogP contribution in [0.1, 0.15) is 66.8 Å². The number of anilines is 2. The minimum atomic E-state index is -0.955. The van der Waals surface area contributed by atoms with Crippen molar-refractivity contribution in [3.05, 3.63) is 47.8 Å². The zero-order chi connectivity index (χ0) is 19.8. The Labute approximate surface area is 170 Å². The summed E-state index contributed by atoms with van der Waals surface area (Å²) >= 11 is 0. The molecule has 0 spiro atoms. The second-order valence-electron chi connectivity index (χ2n) is 8.47. The lowest BCUT2D eigenvalue weighted by molar-refractivity contribution is 0.0697. The smallest absolute Gasteiger partial charge is 0.339 e. The van der Waals surface area contributed by atoms with Crippen molar-refractivity contribution < 1.29 is 9.90 Å². The molecule has 1 aromatic carbocycles. The average Bonchev–Trinajstić information content (AvgIpc) is 3.51. The molecule has 2 aromatic heterocycles. The number of nitrogens with one attached hydrogen (secondary N) is 1. The molecule has 0 saturated heterocycles. The molecule has 0 bridgehead atoms. The van der Waals surface area contributed by atoms with Gasteiger partial charge >= 0.3 is 5.97 Å². The van der Waals surface area contributed by atoms with Crippen LogP contribution >= 0.6 is 0 Å². The fourth-order valence-corrected chi connectivity index (χ4v) is 4.44. The number of aromatic nitrogens is 3. The van der Waals surface area contributed by atoms with Gasteiger partial charge in [-0.25, -0.2) is 9.78 Å². The molecule has 2 heterocycles. The standard InChI is InChI=1S/C23H26N4O2/c28-23(29)20-11-17(16-6-7-16)12-24-22(20)26-19-8-9-21-18(10-19)13-25-27(21)14-15-4-2-1-3-5-15/h8-13,15-16H,1-7,14H2,(H,24,26)(H,28,29). The number of rotatable bonds is 6. The van der Waals surface area contributed by atoms with E-state index in [2.05, 4.69) is 26.1 Å². The second-order valence-corrected chi connectivity index (χ2v) is 8.47. The highest BCUT2D eigenvalue weighted by molar-refractivity contribution is 5.94. The molecule has 0 radical (unpaired) electrons. The molecule has 29 heavy (non-hydrogen) atoms. The number of hydrogen-bond acceptors (Lipinski definition) is 4. The van der Waals surface area contributed by atoms with E-state index in [0.29, 0.717) is 11.7 Å². The first-order valence-corrected chi connectivity index (χ1v) is 10.6. The Hall–Kier alpha value is -2.89. The highest BCUT2D eigenvalue weighted by atomic mass is 16.4. The lowest BCUT2D eigenvalue weighted by atomic mass is 9.89. The van der Waals surface area contributed by atoms with Crippen molar-refractivity contribution in [1.82, 2.24) is 14.8 Å². The predicted octanol–water partition coefficient (Wildman–Crippen LogP) is 5.33. The minimum absolute atomic E-state index is 0.225.